The predicted molar refractivity (Wildman–Crippen MR) is 75.0 cm³/mol. The van der Waals surface area contributed by atoms with Crippen molar-refractivity contribution in [3.63, 3.8) is 0 Å². The second-order valence-corrected chi connectivity index (χ2v) is 6.07. The second kappa shape index (κ2) is 5.49. The van der Waals surface area contributed by atoms with E-state index in [9.17, 15) is 0 Å². The van der Waals surface area contributed by atoms with Crippen LogP contribution in [0.4, 0.5) is 0 Å². The summed E-state index contributed by atoms with van der Waals surface area (Å²) in [6, 6.07) is 0. The summed E-state index contributed by atoms with van der Waals surface area (Å²) in [5.74, 6) is 0.921. The van der Waals surface area contributed by atoms with Crippen molar-refractivity contribution in [3.8, 4) is 0 Å². The standard InChI is InChI=1S/C14H21N3S/c18-14-15-8-12-6-7-17(10-13(12)16-14)9-11-4-2-1-3-5-11/h8,11H,1-7,9-10H2,(H,15,16,18). The van der Waals surface area contributed by atoms with Crippen molar-refractivity contribution >= 4 is 12.2 Å². The lowest BCUT2D eigenvalue weighted by Gasteiger charge is -2.32. The summed E-state index contributed by atoms with van der Waals surface area (Å²) in [7, 11) is 0. The first-order valence-electron chi connectivity index (χ1n) is 7.11. The molecular formula is C14H21N3S. The van der Waals surface area contributed by atoms with Gasteiger partial charge in [0.25, 0.3) is 0 Å². The van der Waals surface area contributed by atoms with Crippen LogP contribution in [-0.4, -0.2) is 28.0 Å². The van der Waals surface area contributed by atoms with E-state index < -0.39 is 0 Å². The molecule has 1 aliphatic heterocycles. The van der Waals surface area contributed by atoms with Crippen LogP contribution in [0, 0.1) is 10.7 Å². The Balaban J connectivity index is 1.64. The number of hydrogen-bond acceptors (Lipinski definition) is 3. The molecule has 2 aliphatic rings. The molecule has 2 heterocycles. The second-order valence-electron chi connectivity index (χ2n) is 5.68. The molecule has 0 spiro atoms. The Morgan fingerprint density at radius 3 is 3.00 bits per heavy atom. The summed E-state index contributed by atoms with van der Waals surface area (Å²) in [6.07, 6.45) is 10.2. The molecule has 0 unspecified atom stereocenters. The fourth-order valence-corrected chi connectivity index (χ4v) is 3.46. The molecule has 1 saturated carbocycles. The van der Waals surface area contributed by atoms with Crippen molar-refractivity contribution in [1.29, 1.82) is 0 Å². The highest BCUT2D eigenvalue weighted by molar-refractivity contribution is 7.71. The van der Waals surface area contributed by atoms with Crippen LogP contribution < -0.4 is 0 Å². The lowest BCUT2D eigenvalue weighted by atomic mass is 9.88. The van der Waals surface area contributed by atoms with Crippen molar-refractivity contribution in [2.24, 2.45) is 5.92 Å². The van der Waals surface area contributed by atoms with E-state index in [0.717, 1.165) is 18.9 Å². The molecule has 0 aromatic carbocycles. The van der Waals surface area contributed by atoms with Gasteiger partial charge < -0.3 is 4.98 Å². The van der Waals surface area contributed by atoms with E-state index in [-0.39, 0.29) is 0 Å². The maximum atomic E-state index is 5.11. The zero-order chi connectivity index (χ0) is 12.4. The number of hydrogen-bond donors (Lipinski definition) is 1. The quantitative estimate of drug-likeness (QED) is 0.832. The molecule has 98 valence electrons. The van der Waals surface area contributed by atoms with Crippen molar-refractivity contribution in [2.45, 2.75) is 45.1 Å². The van der Waals surface area contributed by atoms with Gasteiger partial charge in [0.1, 0.15) is 0 Å². The third kappa shape index (κ3) is 2.81. The first kappa shape index (κ1) is 12.3. The molecule has 1 N–H and O–H groups in total. The summed E-state index contributed by atoms with van der Waals surface area (Å²) in [5, 5.41) is 0. The van der Waals surface area contributed by atoms with Crippen LogP contribution in [0.15, 0.2) is 6.20 Å². The predicted octanol–water partition coefficient (Wildman–Crippen LogP) is 3.08. The van der Waals surface area contributed by atoms with Crippen LogP contribution in [0.25, 0.3) is 0 Å². The molecule has 0 saturated heterocycles. The van der Waals surface area contributed by atoms with Gasteiger partial charge in [0.15, 0.2) is 4.77 Å². The van der Waals surface area contributed by atoms with Gasteiger partial charge in [-0.3, -0.25) is 4.90 Å². The molecule has 3 rings (SSSR count). The van der Waals surface area contributed by atoms with Crippen molar-refractivity contribution in [2.75, 3.05) is 13.1 Å². The number of aromatic amines is 1. The van der Waals surface area contributed by atoms with Gasteiger partial charge in [-0.15, -0.1) is 0 Å². The number of nitrogens with zero attached hydrogens (tertiary/aromatic N) is 2. The van der Waals surface area contributed by atoms with Gasteiger partial charge in [-0.05, 0) is 43.0 Å². The molecular weight excluding hydrogens is 242 g/mol. The minimum absolute atomic E-state index is 0.619. The fraction of sp³-hybridized carbons (Fsp3) is 0.714. The molecule has 0 radical (unpaired) electrons. The molecule has 0 bridgehead atoms. The first-order chi connectivity index (χ1) is 8.81. The summed E-state index contributed by atoms with van der Waals surface area (Å²) >= 11 is 5.11. The molecule has 1 aromatic heterocycles. The van der Waals surface area contributed by atoms with Gasteiger partial charge in [0.2, 0.25) is 0 Å². The Morgan fingerprint density at radius 1 is 1.33 bits per heavy atom. The maximum absolute atomic E-state index is 5.11. The van der Waals surface area contributed by atoms with E-state index >= 15 is 0 Å². The van der Waals surface area contributed by atoms with Crippen molar-refractivity contribution in [3.05, 3.63) is 22.2 Å². The largest absolute Gasteiger partial charge is 0.333 e. The average Bonchev–Trinajstić information content (AvgIpc) is 2.39. The van der Waals surface area contributed by atoms with Crippen LogP contribution in [-0.2, 0) is 13.0 Å². The highest BCUT2D eigenvalue weighted by Crippen LogP contribution is 2.26. The van der Waals surface area contributed by atoms with Crippen molar-refractivity contribution in [1.82, 2.24) is 14.9 Å². The minimum Gasteiger partial charge on any atom is -0.333 e. The highest BCUT2D eigenvalue weighted by Gasteiger charge is 2.21. The zero-order valence-electron chi connectivity index (χ0n) is 10.8. The number of nitrogens with one attached hydrogen (secondary N) is 1. The summed E-state index contributed by atoms with van der Waals surface area (Å²) in [4.78, 5) is 10.0. The van der Waals surface area contributed by atoms with E-state index in [0.29, 0.717) is 4.77 Å². The van der Waals surface area contributed by atoms with Crippen LogP contribution >= 0.6 is 12.2 Å². The summed E-state index contributed by atoms with van der Waals surface area (Å²) in [5.41, 5.74) is 2.64. The molecule has 3 nitrogen and oxygen atoms in total. The van der Waals surface area contributed by atoms with Gasteiger partial charge in [-0.2, -0.15) is 0 Å². The third-order valence-corrected chi connectivity index (χ3v) is 4.51. The molecule has 1 aliphatic carbocycles. The lowest BCUT2D eigenvalue weighted by molar-refractivity contribution is 0.184. The zero-order valence-corrected chi connectivity index (χ0v) is 11.6. The van der Waals surface area contributed by atoms with Crippen molar-refractivity contribution < 1.29 is 0 Å². The van der Waals surface area contributed by atoms with Gasteiger partial charge in [-0.1, -0.05) is 19.3 Å². The van der Waals surface area contributed by atoms with Gasteiger partial charge in [0.05, 0.1) is 0 Å². The molecule has 4 heteroatoms. The van der Waals surface area contributed by atoms with Gasteiger partial charge in [-0.25, -0.2) is 4.98 Å². The molecule has 1 fully saturated rings. The molecule has 1 aromatic rings. The number of aromatic nitrogens is 2. The summed E-state index contributed by atoms with van der Waals surface area (Å²) < 4.78 is 0.619. The van der Waals surface area contributed by atoms with Gasteiger partial charge in [0, 0.05) is 31.5 Å². The monoisotopic (exact) mass is 263 g/mol. The Hall–Kier alpha value is -0.740. The molecule has 0 atom stereocenters. The van der Waals surface area contributed by atoms with E-state index in [1.165, 1.54) is 56.5 Å². The first-order valence-corrected chi connectivity index (χ1v) is 7.51. The van der Waals surface area contributed by atoms with E-state index in [2.05, 4.69) is 14.9 Å². The average molecular weight is 263 g/mol. The van der Waals surface area contributed by atoms with E-state index in [1.54, 1.807) is 0 Å². The van der Waals surface area contributed by atoms with Crippen LogP contribution in [0.1, 0.15) is 43.4 Å². The minimum atomic E-state index is 0.619. The molecule has 0 amide bonds. The smallest absolute Gasteiger partial charge is 0.196 e. The Bertz CT molecular complexity index is 462. The van der Waals surface area contributed by atoms with Crippen LogP contribution in [0.5, 0.6) is 0 Å². The van der Waals surface area contributed by atoms with E-state index in [1.807, 2.05) is 6.20 Å². The van der Waals surface area contributed by atoms with E-state index in [4.69, 9.17) is 12.2 Å². The fourth-order valence-electron chi connectivity index (χ4n) is 3.28. The highest BCUT2D eigenvalue weighted by atomic mass is 32.1. The topological polar surface area (TPSA) is 31.9 Å². The van der Waals surface area contributed by atoms with Crippen LogP contribution in [0.3, 0.4) is 0 Å². The number of rotatable bonds is 2. The Kier molecular flexibility index (Phi) is 3.75. The SMILES string of the molecule is S=c1ncc2c([nH]1)CN(CC1CCCCC1)CC2. The van der Waals surface area contributed by atoms with Gasteiger partial charge >= 0.3 is 0 Å². The Labute approximate surface area is 114 Å². The van der Waals surface area contributed by atoms with Crippen LogP contribution in [0.2, 0.25) is 0 Å². The number of H-pyrrole nitrogens is 1. The third-order valence-electron chi connectivity index (χ3n) is 4.30. The Morgan fingerprint density at radius 2 is 2.17 bits per heavy atom. The molecule has 18 heavy (non-hydrogen) atoms. The lowest BCUT2D eigenvalue weighted by Crippen LogP contribution is -2.35. The number of fused-ring (bicyclic) bond motifs is 1. The maximum Gasteiger partial charge on any atom is 0.196 e. The summed E-state index contributed by atoms with van der Waals surface area (Å²) in [6.45, 7) is 3.47. The normalized spacial score (nSPS) is 21.8.